The molecule has 6 heteroatoms. The Morgan fingerprint density at radius 3 is 2.67 bits per heavy atom. The Labute approximate surface area is 148 Å². The lowest BCUT2D eigenvalue weighted by Crippen LogP contribution is -2.33. The smallest absolute Gasteiger partial charge is 0.230 e. The number of thioether (sulfide) groups is 1. The fourth-order valence-corrected chi connectivity index (χ4v) is 3.00. The van der Waals surface area contributed by atoms with E-state index in [-0.39, 0.29) is 11.9 Å². The van der Waals surface area contributed by atoms with Gasteiger partial charge >= 0.3 is 0 Å². The Kier molecular flexibility index (Phi) is 7.31. The highest BCUT2D eigenvalue weighted by atomic mass is 32.2. The van der Waals surface area contributed by atoms with E-state index < -0.39 is 0 Å². The number of H-pyrrole nitrogens is 1. The number of nitrogens with zero attached hydrogens (tertiary/aromatic N) is 2. The number of amides is 1. The van der Waals surface area contributed by atoms with Gasteiger partial charge in [-0.05, 0) is 19.3 Å². The highest BCUT2D eigenvalue weighted by molar-refractivity contribution is 7.99. The number of carbonyl (C=O) groups is 1. The molecule has 1 aromatic carbocycles. The molecule has 0 fully saturated rings. The van der Waals surface area contributed by atoms with Gasteiger partial charge in [-0.15, -0.1) is 5.10 Å². The molecule has 1 amide bonds. The van der Waals surface area contributed by atoms with Crippen LogP contribution in [-0.2, 0) is 4.79 Å². The summed E-state index contributed by atoms with van der Waals surface area (Å²) in [6.45, 7) is 6.50. The van der Waals surface area contributed by atoms with E-state index in [0.29, 0.717) is 16.8 Å². The third kappa shape index (κ3) is 6.35. The average Bonchev–Trinajstić information content (AvgIpc) is 3.02. The number of benzene rings is 1. The van der Waals surface area contributed by atoms with Crippen molar-refractivity contribution < 1.29 is 4.79 Å². The molecule has 130 valence electrons. The second-order valence-electron chi connectivity index (χ2n) is 6.41. The number of hydrogen-bond acceptors (Lipinski definition) is 4. The Balaban J connectivity index is 1.73. The molecule has 5 nitrogen and oxygen atoms in total. The maximum Gasteiger partial charge on any atom is 0.230 e. The van der Waals surface area contributed by atoms with Crippen molar-refractivity contribution in [3.63, 3.8) is 0 Å². The molecule has 0 radical (unpaired) electrons. The highest BCUT2D eigenvalue weighted by Gasteiger charge is 2.11. The van der Waals surface area contributed by atoms with Gasteiger partial charge in [-0.3, -0.25) is 9.89 Å². The SMILES string of the molecule is CC(C)CCC[C@H](C)NC(=O)CSc1n[nH]c(-c2ccccc2)n1. The minimum Gasteiger partial charge on any atom is -0.353 e. The van der Waals surface area contributed by atoms with E-state index in [9.17, 15) is 4.79 Å². The molecule has 0 spiro atoms. The van der Waals surface area contributed by atoms with Crippen molar-refractivity contribution in [2.45, 2.75) is 51.2 Å². The van der Waals surface area contributed by atoms with Crippen molar-refractivity contribution >= 4 is 17.7 Å². The van der Waals surface area contributed by atoms with E-state index in [1.165, 1.54) is 18.2 Å². The van der Waals surface area contributed by atoms with Gasteiger partial charge in [0, 0.05) is 11.6 Å². The number of aromatic nitrogens is 3. The number of carbonyl (C=O) groups excluding carboxylic acids is 1. The lowest BCUT2D eigenvalue weighted by molar-refractivity contribution is -0.119. The Morgan fingerprint density at radius 1 is 1.21 bits per heavy atom. The summed E-state index contributed by atoms with van der Waals surface area (Å²) in [6.07, 6.45) is 3.37. The van der Waals surface area contributed by atoms with Gasteiger partial charge in [-0.2, -0.15) is 0 Å². The first-order valence-electron chi connectivity index (χ1n) is 8.44. The molecule has 1 atom stereocenters. The minimum absolute atomic E-state index is 0.0307. The molecule has 0 aliphatic rings. The van der Waals surface area contributed by atoms with E-state index in [2.05, 4.69) is 41.3 Å². The molecule has 2 aromatic rings. The molecule has 0 saturated carbocycles. The largest absolute Gasteiger partial charge is 0.353 e. The van der Waals surface area contributed by atoms with Gasteiger partial charge in [0.05, 0.1) is 5.75 Å². The molecule has 2 rings (SSSR count). The van der Waals surface area contributed by atoms with Crippen LogP contribution in [0.4, 0.5) is 0 Å². The summed E-state index contributed by atoms with van der Waals surface area (Å²) >= 11 is 1.35. The topological polar surface area (TPSA) is 70.7 Å². The van der Waals surface area contributed by atoms with Crippen molar-refractivity contribution in [3.8, 4) is 11.4 Å². The van der Waals surface area contributed by atoms with Crippen LogP contribution in [0.15, 0.2) is 35.5 Å². The van der Waals surface area contributed by atoms with Gasteiger partial charge in [-0.25, -0.2) is 4.98 Å². The fourth-order valence-electron chi connectivity index (χ4n) is 2.39. The summed E-state index contributed by atoms with van der Waals surface area (Å²) in [4.78, 5) is 16.4. The summed E-state index contributed by atoms with van der Waals surface area (Å²) in [5, 5.41) is 10.7. The highest BCUT2D eigenvalue weighted by Crippen LogP contribution is 2.18. The quantitative estimate of drug-likeness (QED) is 0.676. The fraction of sp³-hybridized carbons (Fsp3) is 0.500. The molecule has 0 aliphatic carbocycles. The van der Waals surface area contributed by atoms with Crippen LogP contribution in [0, 0.1) is 5.92 Å². The molecule has 0 saturated heterocycles. The maximum absolute atomic E-state index is 12.0. The van der Waals surface area contributed by atoms with Crippen molar-refractivity contribution in [1.29, 1.82) is 0 Å². The molecule has 0 bridgehead atoms. The lowest BCUT2D eigenvalue weighted by Gasteiger charge is -2.14. The van der Waals surface area contributed by atoms with Crippen molar-refractivity contribution in [2.24, 2.45) is 5.92 Å². The number of nitrogens with one attached hydrogen (secondary N) is 2. The Hall–Kier alpha value is -1.82. The Bertz CT molecular complexity index is 627. The molecule has 0 unspecified atom stereocenters. The standard InChI is InChI=1S/C18H26N4OS/c1-13(2)8-7-9-14(3)19-16(23)12-24-18-20-17(21-22-18)15-10-5-4-6-11-15/h4-6,10-11,13-14H,7-9,12H2,1-3H3,(H,19,23)(H,20,21,22)/t14-/m0/s1. The lowest BCUT2D eigenvalue weighted by atomic mass is 10.0. The normalized spacial score (nSPS) is 12.3. The van der Waals surface area contributed by atoms with E-state index in [4.69, 9.17) is 0 Å². The van der Waals surface area contributed by atoms with Crippen LogP contribution in [0.2, 0.25) is 0 Å². The number of rotatable bonds is 9. The maximum atomic E-state index is 12.0. The second kappa shape index (κ2) is 9.47. The first kappa shape index (κ1) is 18.5. The third-order valence-corrected chi connectivity index (χ3v) is 4.52. The molecule has 1 aromatic heterocycles. The first-order chi connectivity index (χ1) is 11.5. The second-order valence-corrected chi connectivity index (χ2v) is 7.36. The van der Waals surface area contributed by atoms with Gasteiger partial charge in [0.1, 0.15) is 0 Å². The van der Waals surface area contributed by atoms with E-state index in [1.807, 2.05) is 30.3 Å². The van der Waals surface area contributed by atoms with Crippen molar-refractivity contribution in [2.75, 3.05) is 5.75 Å². The van der Waals surface area contributed by atoms with Crippen molar-refractivity contribution in [1.82, 2.24) is 20.5 Å². The van der Waals surface area contributed by atoms with Gasteiger partial charge < -0.3 is 5.32 Å². The molecule has 0 aliphatic heterocycles. The van der Waals surface area contributed by atoms with E-state index in [0.717, 1.165) is 24.2 Å². The van der Waals surface area contributed by atoms with Crippen molar-refractivity contribution in [3.05, 3.63) is 30.3 Å². The van der Waals surface area contributed by atoms with Crippen LogP contribution in [-0.4, -0.2) is 32.9 Å². The average molecular weight is 347 g/mol. The molecular formula is C18H26N4OS. The van der Waals surface area contributed by atoms with Gasteiger partial charge in [0.25, 0.3) is 0 Å². The first-order valence-corrected chi connectivity index (χ1v) is 9.43. The Morgan fingerprint density at radius 2 is 1.96 bits per heavy atom. The van der Waals surface area contributed by atoms with E-state index >= 15 is 0 Å². The van der Waals surface area contributed by atoms with Crippen LogP contribution in [0.25, 0.3) is 11.4 Å². The predicted molar refractivity (Wildman–Crippen MR) is 98.8 cm³/mol. The van der Waals surface area contributed by atoms with Crippen LogP contribution < -0.4 is 5.32 Å². The predicted octanol–water partition coefficient (Wildman–Crippen LogP) is 3.89. The van der Waals surface area contributed by atoms with Crippen LogP contribution >= 0.6 is 11.8 Å². The number of aromatic amines is 1. The zero-order valence-electron chi connectivity index (χ0n) is 14.6. The monoisotopic (exact) mass is 346 g/mol. The van der Waals surface area contributed by atoms with Gasteiger partial charge in [0.15, 0.2) is 5.82 Å². The van der Waals surface area contributed by atoms with E-state index in [1.54, 1.807) is 0 Å². The van der Waals surface area contributed by atoms with Gasteiger partial charge in [-0.1, -0.05) is 68.8 Å². The minimum atomic E-state index is 0.0307. The third-order valence-electron chi connectivity index (χ3n) is 3.67. The zero-order chi connectivity index (χ0) is 17.4. The van der Waals surface area contributed by atoms with Gasteiger partial charge in [0.2, 0.25) is 11.1 Å². The molecule has 2 N–H and O–H groups in total. The number of hydrogen-bond donors (Lipinski definition) is 2. The summed E-state index contributed by atoms with van der Waals surface area (Å²) in [5.41, 5.74) is 0.986. The summed E-state index contributed by atoms with van der Waals surface area (Å²) in [6, 6.07) is 10.0. The molecular weight excluding hydrogens is 320 g/mol. The zero-order valence-corrected chi connectivity index (χ0v) is 15.4. The molecule has 24 heavy (non-hydrogen) atoms. The summed E-state index contributed by atoms with van der Waals surface area (Å²) in [5.74, 6) is 1.80. The van der Waals surface area contributed by atoms with Crippen LogP contribution in [0.1, 0.15) is 40.0 Å². The summed E-state index contributed by atoms with van der Waals surface area (Å²) in [7, 11) is 0. The van der Waals surface area contributed by atoms with Crippen LogP contribution in [0.5, 0.6) is 0 Å². The molecule has 1 heterocycles. The summed E-state index contributed by atoms with van der Waals surface area (Å²) < 4.78 is 0. The van der Waals surface area contributed by atoms with Crippen LogP contribution in [0.3, 0.4) is 0 Å².